The monoisotopic (exact) mass is 397 g/mol. The molecule has 1 aromatic carbocycles. The molecule has 154 valence electrons. The van der Waals surface area contributed by atoms with Crippen molar-refractivity contribution in [3.8, 4) is 0 Å². The number of carbonyl (C=O) groups excluding carboxylic acids is 3. The zero-order chi connectivity index (χ0) is 21.8. The van der Waals surface area contributed by atoms with Crippen molar-refractivity contribution in [3.05, 3.63) is 58.4 Å². The second-order valence-electron chi connectivity index (χ2n) is 7.71. The van der Waals surface area contributed by atoms with E-state index in [2.05, 4.69) is 26.1 Å². The lowest BCUT2D eigenvalue weighted by Gasteiger charge is -2.18. The number of hydrogen-bond acceptors (Lipinski definition) is 5. The van der Waals surface area contributed by atoms with Gasteiger partial charge in [0.05, 0.1) is 12.2 Å². The first-order chi connectivity index (χ1) is 13.5. The predicted molar refractivity (Wildman–Crippen MR) is 112 cm³/mol. The Morgan fingerprint density at radius 1 is 1.10 bits per heavy atom. The molecular formula is C23H27NO5. The van der Waals surface area contributed by atoms with Gasteiger partial charge in [0.15, 0.2) is 5.78 Å². The first kappa shape index (κ1) is 22.1. The molecule has 0 unspecified atom stereocenters. The fourth-order valence-corrected chi connectivity index (χ4v) is 2.87. The Labute approximate surface area is 170 Å². The van der Waals surface area contributed by atoms with Gasteiger partial charge in [0.25, 0.3) is 5.91 Å². The minimum atomic E-state index is -0.716. The maximum absolute atomic E-state index is 12.3. The lowest BCUT2D eigenvalue weighted by atomic mass is 9.87. The average Bonchev–Trinajstić information content (AvgIpc) is 2.95. The number of anilines is 1. The van der Waals surface area contributed by atoms with Crippen molar-refractivity contribution in [2.45, 2.75) is 47.0 Å². The van der Waals surface area contributed by atoms with Crippen LogP contribution >= 0.6 is 0 Å². The number of amides is 1. The molecule has 2 rings (SSSR count). The van der Waals surface area contributed by atoms with Crippen molar-refractivity contribution in [3.63, 3.8) is 0 Å². The van der Waals surface area contributed by atoms with Gasteiger partial charge in [0.1, 0.15) is 11.3 Å². The van der Waals surface area contributed by atoms with E-state index in [-0.39, 0.29) is 40.6 Å². The minimum Gasteiger partial charge on any atom is -0.462 e. The molecule has 1 amide bonds. The largest absolute Gasteiger partial charge is 0.462 e. The van der Waals surface area contributed by atoms with Crippen LogP contribution in [-0.4, -0.2) is 24.3 Å². The van der Waals surface area contributed by atoms with E-state index in [0.29, 0.717) is 0 Å². The van der Waals surface area contributed by atoms with Crippen LogP contribution in [0.15, 0.2) is 34.8 Å². The average molecular weight is 397 g/mol. The summed E-state index contributed by atoms with van der Waals surface area (Å²) in [6.07, 6.45) is 3.00. The summed E-state index contributed by atoms with van der Waals surface area (Å²) >= 11 is 0. The molecule has 1 heterocycles. The molecule has 6 nitrogen and oxygen atoms in total. The first-order valence-electron chi connectivity index (χ1n) is 9.45. The number of carbonyl (C=O) groups is 3. The molecule has 0 atom stereocenters. The maximum Gasteiger partial charge on any atom is 0.344 e. The van der Waals surface area contributed by atoms with Gasteiger partial charge in [-0.3, -0.25) is 14.9 Å². The lowest BCUT2D eigenvalue weighted by molar-refractivity contribution is -0.111. The molecule has 0 aliphatic carbocycles. The van der Waals surface area contributed by atoms with E-state index in [4.69, 9.17) is 9.15 Å². The summed E-state index contributed by atoms with van der Waals surface area (Å²) in [5, 5.41) is 2.53. The second-order valence-corrected chi connectivity index (χ2v) is 7.71. The molecule has 0 spiro atoms. The Balaban J connectivity index is 2.22. The number of furan rings is 1. The maximum atomic E-state index is 12.3. The van der Waals surface area contributed by atoms with Gasteiger partial charge in [-0.1, -0.05) is 45.0 Å². The van der Waals surface area contributed by atoms with Crippen molar-refractivity contribution in [1.29, 1.82) is 0 Å². The number of Topliss-reactive ketones (excluding diaryl/α,β-unsaturated/α-hetero) is 1. The molecule has 0 aliphatic rings. The molecule has 1 aromatic heterocycles. The third kappa shape index (κ3) is 5.44. The van der Waals surface area contributed by atoms with E-state index in [1.165, 1.54) is 18.6 Å². The van der Waals surface area contributed by atoms with Crippen molar-refractivity contribution >= 4 is 29.6 Å². The number of rotatable bonds is 6. The first-order valence-corrected chi connectivity index (χ1v) is 9.45. The molecule has 0 saturated carbocycles. The van der Waals surface area contributed by atoms with E-state index in [9.17, 15) is 14.4 Å². The normalized spacial score (nSPS) is 11.5. The van der Waals surface area contributed by atoms with E-state index >= 15 is 0 Å². The summed E-state index contributed by atoms with van der Waals surface area (Å²) in [6.45, 7) is 11.1. The van der Waals surface area contributed by atoms with Gasteiger partial charge < -0.3 is 9.15 Å². The highest BCUT2D eigenvalue weighted by molar-refractivity contribution is 6.12. The molecule has 0 bridgehead atoms. The van der Waals surface area contributed by atoms with Gasteiger partial charge in [-0.2, -0.15) is 0 Å². The lowest BCUT2D eigenvalue weighted by Crippen LogP contribution is -2.14. The van der Waals surface area contributed by atoms with Crippen LogP contribution in [0, 0.1) is 6.92 Å². The van der Waals surface area contributed by atoms with Gasteiger partial charge in [-0.25, -0.2) is 4.79 Å². The van der Waals surface area contributed by atoms with Crippen molar-refractivity contribution in [1.82, 2.24) is 0 Å². The molecule has 0 radical (unpaired) electrons. The van der Waals surface area contributed by atoms with Crippen LogP contribution in [0.4, 0.5) is 5.88 Å². The van der Waals surface area contributed by atoms with Gasteiger partial charge in [-0.05, 0) is 43.4 Å². The number of nitrogens with one attached hydrogen (secondary N) is 1. The minimum absolute atomic E-state index is 0.0503. The summed E-state index contributed by atoms with van der Waals surface area (Å²) in [4.78, 5) is 36.5. The number of hydrogen-bond donors (Lipinski definition) is 1. The predicted octanol–water partition coefficient (Wildman–Crippen LogP) is 4.92. The summed E-state index contributed by atoms with van der Waals surface area (Å²) < 4.78 is 10.5. The quantitative estimate of drug-likeness (QED) is 0.425. The highest BCUT2D eigenvalue weighted by Gasteiger charge is 2.28. The fourth-order valence-electron chi connectivity index (χ4n) is 2.87. The number of benzene rings is 1. The number of aryl methyl sites for hydroxylation is 1. The third-order valence-electron chi connectivity index (χ3n) is 4.36. The van der Waals surface area contributed by atoms with Crippen LogP contribution in [0.3, 0.4) is 0 Å². The van der Waals surface area contributed by atoms with E-state index in [1.807, 2.05) is 24.3 Å². The van der Waals surface area contributed by atoms with Crippen LogP contribution in [0.5, 0.6) is 0 Å². The molecule has 29 heavy (non-hydrogen) atoms. The van der Waals surface area contributed by atoms with Gasteiger partial charge in [0.2, 0.25) is 5.88 Å². The Bertz CT molecular complexity index is 943. The summed E-state index contributed by atoms with van der Waals surface area (Å²) in [6, 6.07) is 7.90. The standard InChI is InChI=1S/C23H27NO5/c1-7-28-22(27)20-19(14(2)25)15(3)29-21(20)24-18(26)13-10-16-8-11-17(12-9-16)23(4,5)6/h8-13H,7H2,1-6H3,(H,24,26)/b13-10+. The Morgan fingerprint density at radius 2 is 1.72 bits per heavy atom. The molecule has 2 aromatic rings. The van der Waals surface area contributed by atoms with Gasteiger partial charge in [-0.15, -0.1) is 0 Å². The number of ether oxygens (including phenoxy) is 1. The molecule has 0 saturated heterocycles. The molecule has 0 aliphatic heterocycles. The summed E-state index contributed by atoms with van der Waals surface area (Å²) in [5.41, 5.74) is 2.16. The van der Waals surface area contributed by atoms with E-state index < -0.39 is 11.9 Å². The molecule has 6 heteroatoms. The van der Waals surface area contributed by atoms with E-state index in [0.717, 1.165) is 5.56 Å². The molecule has 1 N–H and O–H groups in total. The van der Waals surface area contributed by atoms with Crippen molar-refractivity contribution in [2.24, 2.45) is 0 Å². The van der Waals surface area contributed by atoms with Crippen LogP contribution in [0.1, 0.15) is 72.2 Å². The van der Waals surface area contributed by atoms with Crippen LogP contribution in [-0.2, 0) is 14.9 Å². The highest BCUT2D eigenvalue weighted by atomic mass is 16.5. The SMILES string of the molecule is CCOC(=O)c1c(NC(=O)/C=C/c2ccc(C(C)(C)C)cc2)oc(C)c1C(C)=O. The second kappa shape index (κ2) is 8.90. The number of esters is 1. The van der Waals surface area contributed by atoms with Crippen LogP contribution < -0.4 is 5.32 Å². The zero-order valence-corrected chi connectivity index (χ0v) is 17.7. The van der Waals surface area contributed by atoms with E-state index in [1.54, 1.807) is 19.9 Å². The molecular weight excluding hydrogens is 370 g/mol. The smallest absolute Gasteiger partial charge is 0.344 e. The van der Waals surface area contributed by atoms with Crippen molar-refractivity contribution < 1.29 is 23.5 Å². The highest BCUT2D eigenvalue weighted by Crippen LogP contribution is 2.28. The number of ketones is 1. The Hall–Kier alpha value is -3.15. The van der Waals surface area contributed by atoms with Crippen LogP contribution in [0.25, 0.3) is 6.08 Å². The third-order valence-corrected chi connectivity index (χ3v) is 4.36. The van der Waals surface area contributed by atoms with Gasteiger partial charge in [0, 0.05) is 6.08 Å². The molecule has 0 fully saturated rings. The Morgan fingerprint density at radius 3 is 2.24 bits per heavy atom. The zero-order valence-electron chi connectivity index (χ0n) is 17.7. The topological polar surface area (TPSA) is 85.6 Å². The van der Waals surface area contributed by atoms with Crippen molar-refractivity contribution in [2.75, 3.05) is 11.9 Å². The summed E-state index contributed by atoms with van der Waals surface area (Å²) in [7, 11) is 0. The fraction of sp³-hybridized carbons (Fsp3) is 0.348. The summed E-state index contributed by atoms with van der Waals surface area (Å²) in [5.74, 6) is -1.39. The van der Waals surface area contributed by atoms with Gasteiger partial charge >= 0.3 is 5.97 Å². The van der Waals surface area contributed by atoms with Crippen LogP contribution in [0.2, 0.25) is 0 Å². The Kier molecular flexibility index (Phi) is 6.80.